The van der Waals surface area contributed by atoms with Gasteiger partial charge < -0.3 is 10.1 Å². The Bertz CT molecular complexity index is 528. The number of esters is 1. The largest absolute Gasteiger partial charge is 0.469 e. The Morgan fingerprint density at radius 1 is 1.37 bits per heavy atom. The van der Waals surface area contributed by atoms with Gasteiger partial charge in [0.05, 0.1) is 19.3 Å². The highest BCUT2D eigenvalue weighted by atomic mass is 32.2. The number of methoxy groups -OCH3 is 1. The summed E-state index contributed by atoms with van der Waals surface area (Å²) in [5, 5.41) is 2.98. The van der Waals surface area contributed by atoms with E-state index in [1.807, 2.05) is 13.1 Å². The highest BCUT2D eigenvalue weighted by Gasteiger charge is 2.13. The van der Waals surface area contributed by atoms with Crippen LogP contribution >= 0.6 is 0 Å². The molecular formula is C12H18N2O4S. The van der Waals surface area contributed by atoms with Crippen LogP contribution in [0.2, 0.25) is 0 Å². The van der Waals surface area contributed by atoms with E-state index < -0.39 is 16.0 Å². The molecule has 106 valence electrons. The highest BCUT2D eigenvalue weighted by molar-refractivity contribution is 7.92. The summed E-state index contributed by atoms with van der Waals surface area (Å²) in [6, 6.07) is 7.06. The van der Waals surface area contributed by atoms with Crippen molar-refractivity contribution in [1.82, 2.24) is 5.32 Å². The number of rotatable bonds is 7. The summed E-state index contributed by atoms with van der Waals surface area (Å²) in [7, 11) is -0.504. The number of hydrogen-bond donors (Lipinski definition) is 2. The number of carbonyl (C=O) groups excluding carboxylic acids is 1. The van der Waals surface area contributed by atoms with Crippen LogP contribution in [0.15, 0.2) is 24.3 Å². The molecule has 0 atom stereocenters. The molecule has 2 N–H and O–H groups in total. The number of nitrogens with one attached hydrogen (secondary N) is 2. The SMILES string of the molecule is CNCc1cccc(NS(=O)(=O)CCC(=O)OC)c1. The number of hydrogen-bond acceptors (Lipinski definition) is 5. The van der Waals surface area contributed by atoms with E-state index in [-0.39, 0.29) is 12.2 Å². The number of anilines is 1. The minimum absolute atomic E-state index is 0.165. The van der Waals surface area contributed by atoms with Gasteiger partial charge in [0, 0.05) is 12.2 Å². The maximum atomic E-state index is 11.8. The summed E-state index contributed by atoms with van der Waals surface area (Å²) in [5.41, 5.74) is 1.45. The lowest BCUT2D eigenvalue weighted by molar-refractivity contribution is -0.140. The third kappa shape index (κ3) is 5.71. The average molecular weight is 286 g/mol. The Morgan fingerprint density at radius 3 is 2.74 bits per heavy atom. The Kier molecular flexibility index (Phi) is 5.78. The fourth-order valence-corrected chi connectivity index (χ4v) is 2.52. The summed E-state index contributed by atoms with van der Waals surface area (Å²) < 4.78 is 30.4. The molecule has 0 aliphatic carbocycles. The molecule has 0 amide bonds. The number of sulfonamides is 1. The maximum absolute atomic E-state index is 11.8. The molecule has 6 nitrogen and oxygen atoms in total. The third-order valence-corrected chi connectivity index (χ3v) is 3.67. The van der Waals surface area contributed by atoms with E-state index in [1.54, 1.807) is 18.2 Å². The van der Waals surface area contributed by atoms with Gasteiger partial charge in [0.2, 0.25) is 10.0 Å². The first-order chi connectivity index (χ1) is 8.96. The van der Waals surface area contributed by atoms with Crippen LogP contribution in [-0.4, -0.2) is 34.3 Å². The topological polar surface area (TPSA) is 84.5 Å². The summed E-state index contributed by atoms with van der Waals surface area (Å²) in [6.45, 7) is 0.651. The van der Waals surface area contributed by atoms with Crippen molar-refractivity contribution < 1.29 is 17.9 Å². The quantitative estimate of drug-likeness (QED) is 0.721. The first-order valence-corrected chi connectivity index (χ1v) is 7.43. The van der Waals surface area contributed by atoms with Crippen molar-refractivity contribution in [1.29, 1.82) is 0 Å². The molecular weight excluding hydrogens is 268 g/mol. The molecule has 1 aromatic rings. The normalized spacial score (nSPS) is 11.1. The molecule has 1 rings (SSSR count). The maximum Gasteiger partial charge on any atom is 0.306 e. The van der Waals surface area contributed by atoms with E-state index in [0.29, 0.717) is 12.2 Å². The van der Waals surface area contributed by atoms with E-state index in [2.05, 4.69) is 14.8 Å². The lowest BCUT2D eigenvalue weighted by Crippen LogP contribution is -2.19. The second-order valence-corrected chi connectivity index (χ2v) is 5.82. The van der Waals surface area contributed by atoms with E-state index in [0.717, 1.165) is 5.56 Å². The van der Waals surface area contributed by atoms with Crippen LogP contribution in [0.1, 0.15) is 12.0 Å². The summed E-state index contributed by atoms with van der Waals surface area (Å²) in [4.78, 5) is 10.9. The second-order valence-electron chi connectivity index (χ2n) is 3.98. The number of carbonyl (C=O) groups is 1. The van der Waals surface area contributed by atoms with Crippen molar-refractivity contribution >= 4 is 21.7 Å². The van der Waals surface area contributed by atoms with Crippen LogP contribution in [0.3, 0.4) is 0 Å². The van der Waals surface area contributed by atoms with Gasteiger partial charge >= 0.3 is 5.97 Å². The molecule has 0 fully saturated rings. The highest BCUT2D eigenvalue weighted by Crippen LogP contribution is 2.12. The predicted molar refractivity (Wildman–Crippen MR) is 73.2 cm³/mol. The fourth-order valence-electron chi connectivity index (χ4n) is 1.50. The molecule has 1 aromatic carbocycles. The van der Waals surface area contributed by atoms with Gasteiger partial charge in [-0.2, -0.15) is 0 Å². The molecule has 0 aliphatic heterocycles. The molecule has 0 aliphatic rings. The Labute approximate surface area is 113 Å². The lowest BCUT2D eigenvalue weighted by Gasteiger charge is -2.09. The van der Waals surface area contributed by atoms with E-state index in [9.17, 15) is 13.2 Å². The van der Waals surface area contributed by atoms with Crippen LogP contribution in [0.4, 0.5) is 5.69 Å². The Hall–Kier alpha value is -1.60. The van der Waals surface area contributed by atoms with E-state index in [4.69, 9.17) is 0 Å². The van der Waals surface area contributed by atoms with Gasteiger partial charge in [-0.1, -0.05) is 12.1 Å². The van der Waals surface area contributed by atoms with Crippen molar-refractivity contribution in [3.8, 4) is 0 Å². The number of ether oxygens (including phenoxy) is 1. The fraction of sp³-hybridized carbons (Fsp3) is 0.417. The summed E-state index contributed by atoms with van der Waals surface area (Å²) in [6.07, 6.45) is -0.165. The molecule has 19 heavy (non-hydrogen) atoms. The average Bonchev–Trinajstić information content (AvgIpc) is 2.36. The minimum Gasteiger partial charge on any atom is -0.469 e. The molecule has 0 saturated carbocycles. The van der Waals surface area contributed by atoms with Gasteiger partial charge in [0.25, 0.3) is 0 Å². The lowest BCUT2D eigenvalue weighted by atomic mass is 10.2. The molecule has 0 saturated heterocycles. The van der Waals surface area contributed by atoms with Gasteiger partial charge in [-0.15, -0.1) is 0 Å². The van der Waals surface area contributed by atoms with E-state index >= 15 is 0 Å². The number of benzene rings is 1. The minimum atomic E-state index is -3.54. The smallest absolute Gasteiger partial charge is 0.306 e. The van der Waals surface area contributed by atoms with Gasteiger partial charge in [-0.3, -0.25) is 9.52 Å². The Balaban J connectivity index is 2.67. The monoisotopic (exact) mass is 286 g/mol. The molecule has 7 heteroatoms. The van der Waals surface area contributed by atoms with Crippen LogP contribution in [-0.2, 0) is 26.1 Å². The Morgan fingerprint density at radius 2 is 2.11 bits per heavy atom. The van der Waals surface area contributed by atoms with Crippen LogP contribution in [0, 0.1) is 0 Å². The molecule has 0 unspecified atom stereocenters. The van der Waals surface area contributed by atoms with Gasteiger partial charge in [0.1, 0.15) is 0 Å². The van der Waals surface area contributed by atoms with Gasteiger partial charge in [-0.05, 0) is 24.7 Å². The van der Waals surface area contributed by atoms with Gasteiger partial charge in [0.15, 0.2) is 0 Å². The summed E-state index contributed by atoms with van der Waals surface area (Å²) in [5.74, 6) is -0.843. The molecule has 0 aromatic heterocycles. The van der Waals surface area contributed by atoms with Crippen molar-refractivity contribution in [3.05, 3.63) is 29.8 Å². The summed E-state index contributed by atoms with van der Waals surface area (Å²) >= 11 is 0. The van der Waals surface area contributed by atoms with Gasteiger partial charge in [-0.25, -0.2) is 8.42 Å². The van der Waals surface area contributed by atoms with Crippen LogP contribution in [0.5, 0.6) is 0 Å². The predicted octanol–water partition coefficient (Wildman–Crippen LogP) is 0.711. The van der Waals surface area contributed by atoms with Crippen LogP contribution < -0.4 is 10.0 Å². The van der Waals surface area contributed by atoms with E-state index in [1.165, 1.54) is 7.11 Å². The third-order valence-electron chi connectivity index (χ3n) is 2.38. The zero-order valence-electron chi connectivity index (χ0n) is 11.0. The zero-order valence-corrected chi connectivity index (χ0v) is 11.8. The van der Waals surface area contributed by atoms with Crippen molar-refractivity contribution in [2.75, 3.05) is 24.6 Å². The zero-order chi connectivity index (χ0) is 14.3. The van der Waals surface area contributed by atoms with Crippen molar-refractivity contribution in [2.24, 2.45) is 0 Å². The van der Waals surface area contributed by atoms with Crippen LogP contribution in [0.25, 0.3) is 0 Å². The first-order valence-electron chi connectivity index (χ1n) is 5.77. The van der Waals surface area contributed by atoms with Crippen molar-refractivity contribution in [3.63, 3.8) is 0 Å². The first kappa shape index (κ1) is 15.5. The van der Waals surface area contributed by atoms with Crippen molar-refractivity contribution in [2.45, 2.75) is 13.0 Å². The standard InChI is InChI=1S/C12H18N2O4S/c1-13-9-10-4-3-5-11(8-10)14-19(16,17)7-6-12(15)18-2/h3-5,8,13-14H,6-7,9H2,1-2H3. The second kappa shape index (κ2) is 7.10. The molecule has 0 heterocycles. The molecule has 0 spiro atoms. The molecule has 0 radical (unpaired) electrons. The molecule has 0 bridgehead atoms.